The largest absolute Gasteiger partial charge is 0.329 e. The molecule has 1 aliphatic rings. The highest BCUT2D eigenvalue weighted by Crippen LogP contribution is 2.21. The number of likely N-dealkylation sites (N-methyl/N-ethyl adjacent to an activating group) is 2. The van der Waals surface area contributed by atoms with Crippen molar-refractivity contribution in [3.05, 3.63) is 0 Å². The van der Waals surface area contributed by atoms with E-state index >= 15 is 0 Å². The molecule has 0 bridgehead atoms. The lowest BCUT2D eigenvalue weighted by Crippen LogP contribution is -2.54. The van der Waals surface area contributed by atoms with Gasteiger partial charge in [0.1, 0.15) is 0 Å². The molecule has 0 saturated carbocycles. The van der Waals surface area contributed by atoms with Crippen LogP contribution in [0.5, 0.6) is 0 Å². The Morgan fingerprint density at radius 2 is 1.67 bits per heavy atom. The number of rotatable bonds is 7. The molecule has 0 aromatic heterocycles. The Kier molecular flexibility index (Phi) is 6.57. The van der Waals surface area contributed by atoms with E-state index in [1.807, 2.05) is 0 Å². The molecule has 0 unspecified atom stereocenters. The van der Waals surface area contributed by atoms with Crippen molar-refractivity contribution < 1.29 is 0 Å². The van der Waals surface area contributed by atoms with Crippen LogP contribution in [0.15, 0.2) is 0 Å². The normalized spacial score (nSPS) is 19.7. The highest BCUT2D eigenvalue weighted by molar-refractivity contribution is 4.88. The summed E-state index contributed by atoms with van der Waals surface area (Å²) in [5.74, 6) is 0. The quantitative estimate of drug-likeness (QED) is 0.727. The van der Waals surface area contributed by atoms with Crippen molar-refractivity contribution in [2.45, 2.75) is 32.2 Å². The van der Waals surface area contributed by atoms with Gasteiger partial charge in [-0.25, -0.2) is 0 Å². The van der Waals surface area contributed by atoms with Gasteiger partial charge in [0.25, 0.3) is 0 Å². The van der Waals surface area contributed by atoms with Crippen LogP contribution in [0.2, 0.25) is 0 Å². The van der Waals surface area contributed by atoms with Gasteiger partial charge in [-0.05, 0) is 26.9 Å². The summed E-state index contributed by atoms with van der Waals surface area (Å²) in [6, 6.07) is 0. The molecule has 4 heteroatoms. The molecular formula is C14H32N4. The van der Waals surface area contributed by atoms with E-state index < -0.39 is 0 Å². The van der Waals surface area contributed by atoms with Crippen molar-refractivity contribution in [2.24, 2.45) is 5.73 Å². The summed E-state index contributed by atoms with van der Waals surface area (Å²) >= 11 is 0. The van der Waals surface area contributed by atoms with Crippen LogP contribution in [0.4, 0.5) is 0 Å². The van der Waals surface area contributed by atoms with E-state index in [0.29, 0.717) is 0 Å². The highest BCUT2D eigenvalue weighted by atomic mass is 15.3. The van der Waals surface area contributed by atoms with E-state index in [1.165, 1.54) is 32.7 Å². The van der Waals surface area contributed by atoms with Crippen LogP contribution in [0.25, 0.3) is 0 Å². The van der Waals surface area contributed by atoms with E-state index in [-0.39, 0.29) is 5.54 Å². The summed E-state index contributed by atoms with van der Waals surface area (Å²) in [6.45, 7) is 12.4. The SMILES string of the molecule is CCC(CC)(CN)N(C)CCN1CCN(C)CC1. The molecule has 1 aliphatic heterocycles. The lowest BCUT2D eigenvalue weighted by Gasteiger charge is -2.41. The summed E-state index contributed by atoms with van der Waals surface area (Å²) in [7, 11) is 4.44. The van der Waals surface area contributed by atoms with Crippen LogP contribution in [0.3, 0.4) is 0 Å². The van der Waals surface area contributed by atoms with Gasteiger partial charge in [0, 0.05) is 51.4 Å². The minimum absolute atomic E-state index is 0.201. The van der Waals surface area contributed by atoms with Crippen LogP contribution in [-0.2, 0) is 0 Å². The molecule has 2 N–H and O–H groups in total. The monoisotopic (exact) mass is 256 g/mol. The van der Waals surface area contributed by atoms with E-state index in [2.05, 4.69) is 42.6 Å². The third-order valence-electron chi connectivity index (χ3n) is 4.85. The summed E-state index contributed by atoms with van der Waals surface area (Å²) < 4.78 is 0. The van der Waals surface area contributed by atoms with Crippen molar-refractivity contribution in [3.8, 4) is 0 Å². The Labute approximate surface area is 113 Å². The molecule has 0 aliphatic carbocycles. The molecule has 1 fully saturated rings. The van der Waals surface area contributed by atoms with Gasteiger partial charge in [0.2, 0.25) is 0 Å². The van der Waals surface area contributed by atoms with Crippen LogP contribution < -0.4 is 5.73 Å². The third-order valence-corrected chi connectivity index (χ3v) is 4.85. The van der Waals surface area contributed by atoms with Crippen molar-refractivity contribution in [1.29, 1.82) is 0 Å². The minimum Gasteiger partial charge on any atom is -0.329 e. The van der Waals surface area contributed by atoms with Gasteiger partial charge >= 0.3 is 0 Å². The average molecular weight is 256 g/mol. The number of nitrogens with two attached hydrogens (primary N) is 1. The van der Waals surface area contributed by atoms with Gasteiger partial charge in [-0.1, -0.05) is 13.8 Å². The third kappa shape index (κ3) is 3.92. The molecule has 0 aromatic rings. The fourth-order valence-electron chi connectivity index (χ4n) is 2.83. The number of nitrogens with zero attached hydrogens (tertiary/aromatic N) is 3. The number of piperazine rings is 1. The zero-order chi connectivity index (χ0) is 13.6. The van der Waals surface area contributed by atoms with E-state index in [0.717, 1.165) is 25.9 Å². The molecule has 108 valence electrons. The minimum atomic E-state index is 0.201. The van der Waals surface area contributed by atoms with Crippen molar-refractivity contribution in [1.82, 2.24) is 14.7 Å². The van der Waals surface area contributed by atoms with Gasteiger partial charge in [-0.3, -0.25) is 9.80 Å². The maximum Gasteiger partial charge on any atom is 0.0324 e. The zero-order valence-corrected chi connectivity index (χ0v) is 12.8. The lowest BCUT2D eigenvalue weighted by atomic mass is 9.91. The maximum absolute atomic E-state index is 5.99. The Hall–Kier alpha value is -0.160. The van der Waals surface area contributed by atoms with Gasteiger partial charge in [-0.15, -0.1) is 0 Å². The highest BCUT2D eigenvalue weighted by Gasteiger charge is 2.29. The topological polar surface area (TPSA) is 35.7 Å². The fourth-order valence-corrected chi connectivity index (χ4v) is 2.83. The molecule has 0 atom stereocenters. The molecule has 1 rings (SSSR count). The number of hydrogen-bond donors (Lipinski definition) is 1. The van der Waals surface area contributed by atoms with E-state index in [1.54, 1.807) is 0 Å². The summed E-state index contributed by atoms with van der Waals surface area (Å²) in [5, 5.41) is 0. The molecular weight excluding hydrogens is 224 g/mol. The van der Waals surface area contributed by atoms with Gasteiger partial charge in [-0.2, -0.15) is 0 Å². The first-order valence-electron chi connectivity index (χ1n) is 7.40. The Balaban J connectivity index is 2.37. The van der Waals surface area contributed by atoms with Crippen LogP contribution in [0, 0.1) is 0 Å². The first-order chi connectivity index (χ1) is 8.57. The standard InChI is InChI=1S/C14H32N4/c1-5-14(6-2,13-15)17(4)9-12-18-10-7-16(3)8-11-18/h5-13,15H2,1-4H3. The predicted octanol–water partition coefficient (Wildman–Crippen LogP) is 0.683. The van der Waals surface area contributed by atoms with E-state index in [9.17, 15) is 0 Å². The van der Waals surface area contributed by atoms with E-state index in [4.69, 9.17) is 5.73 Å². The Morgan fingerprint density at radius 1 is 1.11 bits per heavy atom. The second-order valence-electron chi connectivity index (χ2n) is 5.70. The summed E-state index contributed by atoms with van der Waals surface area (Å²) in [6.07, 6.45) is 2.28. The van der Waals surface area contributed by atoms with Crippen LogP contribution in [-0.4, -0.2) is 80.1 Å². The molecule has 18 heavy (non-hydrogen) atoms. The van der Waals surface area contributed by atoms with Crippen molar-refractivity contribution in [2.75, 3.05) is 59.9 Å². The smallest absolute Gasteiger partial charge is 0.0324 e. The van der Waals surface area contributed by atoms with Crippen molar-refractivity contribution in [3.63, 3.8) is 0 Å². The molecule has 4 nitrogen and oxygen atoms in total. The maximum atomic E-state index is 5.99. The first kappa shape index (κ1) is 15.9. The first-order valence-corrected chi connectivity index (χ1v) is 7.40. The number of hydrogen-bond acceptors (Lipinski definition) is 4. The second-order valence-corrected chi connectivity index (χ2v) is 5.70. The van der Waals surface area contributed by atoms with Crippen LogP contribution >= 0.6 is 0 Å². The zero-order valence-electron chi connectivity index (χ0n) is 12.8. The van der Waals surface area contributed by atoms with Gasteiger partial charge in [0.05, 0.1) is 0 Å². The second kappa shape index (κ2) is 7.43. The van der Waals surface area contributed by atoms with Gasteiger partial charge in [0.15, 0.2) is 0 Å². The summed E-state index contributed by atoms with van der Waals surface area (Å²) in [5.41, 5.74) is 6.20. The van der Waals surface area contributed by atoms with Crippen molar-refractivity contribution >= 4 is 0 Å². The molecule has 0 spiro atoms. The molecule has 1 heterocycles. The summed E-state index contributed by atoms with van der Waals surface area (Å²) in [4.78, 5) is 7.46. The average Bonchev–Trinajstić information content (AvgIpc) is 2.41. The lowest BCUT2D eigenvalue weighted by molar-refractivity contribution is 0.0845. The molecule has 0 amide bonds. The fraction of sp³-hybridized carbons (Fsp3) is 1.00. The molecule has 1 saturated heterocycles. The van der Waals surface area contributed by atoms with Crippen LogP contribution in [0.1, 0.15) is 26.7 Å². The Bertz CT molecular complexity index is 212. The molecule has 0 aromatic carbocycles. The molecule has 0 radical (unpaired) electrons. The Morgan fingerprint density at radius 3 is 2.11 bits per heavy atom. The predicted molar refractivity (Wildman–Crippen MR) is 78.9 cm³/mol. The van der Waals surface area contributed by atoms with Gasteiger partial charge < -0.3 is 10.6 Å².